The summed E-state index contributed by atoms with van der Waals surface area (Å²) >= 11 is 0. The highest BCUT2D eigenvalue weighted by molar-refractivity contribution is 5.92. The normalized spacial score (nSPS) is 11.6. The number of carbonyl (C=O) groups excluding carboxylic acids is 2. The molecule has 0 heterocycles. The van der Waals surface area contributed by atoms with Gasteiger partial charge in [0.15, 0.2) is 0 Å². The van der Waals surface area contributed by atoms with Crippen molar-refractivity contribution in [3.63, 3.8) is 0 Å². The van der Waals surface area contributed by atoms with Gasteiger partial charge in [0.05, 0.1) is 23.8 Å². The van der Waals surface area contributed by atoms with E-state index >= 15 is 0 Å². The summed E-state index contributed by atoms with van der Waals surface area (Å²) in [6.45, 7) is 7.03. The van der Waals surface area contributed by atoms with E-state index in [1.54, 1.807) is 36.4 Å². The van der Waals surface area contributed by atoms with E-state index < -0.39 is 5.97 Å². The number of esters is 2. The Morgan fingerprint density at radius 1 is 0.615 bits per heavy atom. The molecule has 5 heteroatoms. The molecule has 0 saturated carbocycles. The van der Waals surface area contributed by atoms with Gasteiger partial charge in [0, 0.05) is 0 Å². The summed E-state index contributed by atoms with van der Waals surface area (Å²) in [6.07, 6.45) is 10.1. The lowest BCUT2D eigenvalue weighted by Crippen LogP contribution is -2.15. The minimum absolute atomic E-state index is 0.124. The van der Waals surface area contributed by atoms with E-state index in [0.717, 1.165) is 49.2 Å². The van der Waals surface area contributed by atoms with Crippen LogP contribution in [0.2, 0.25) is 0 Å². The second-order valence-corrected chi connectivity index (χ2v) is 9.99. The maximum atomic E-state index is 12.7. The van der Waals surface area contributed by atoms with Crippen molar-refractivity contribution in [3.8, 4) is 22.6 Å². The van der Waals surface area contributed by atoms with Gasteiger partial charge in [0.1, 0.15) is 11.5 Å². The lowest BCUT2D eigenvalue weighted by Gasteiger charge is -2.13. The second kappa shape index (κ2) is 16.4. The van der Waals surface area contributed by atoms with E-state index in [1.807, 2.05) is 43.3 Å². The van der Waals surface area contributed by atoms with Gasteiger partial charge >= 0.3 is 11.9 Å². The molecule has 208 valence electrons. The molecule has 0 N–H and O–H groups in total. The molecule has 1 atom stereocenters. The first-order valence-corrected chi connectivity index (χ1v) is 14.4. The summed E-state index contributed by atoms with van der Waals surface area (Å²) in [7, 11) is 0. The highest BCUT2D eigenvalue weighted by atomic mass is 16.5. The number of hydrogen-bond donors (Lipinski definition) is 0. The van der Waals surface area contributed by atoms with Gasteiger partial charge in [-0.3, -0.25) is 0 Å². The van der Waals surface area contributed by atoms with Crippen LogP contribution in [0.3, 0.4) is 0 Å². The van der Waals surface area contributed by atoms with Gasteiger partial charge in [-0.05, 0) is 85.8 Å². The van der Waals surface area contributed by atoms with E-state index in [9.17, 15) is 9.59 Å². The molecule has 0 radical (unpaired) electrons. The standard InChI is InChI=1S/C34H42O5/c1-4-6-8-10-12-26(3)38-33(35)30-19-23-32(24-20-30)39-34(36)29-15-13-27(14-16-29)28-17-21-31(22-18-28)37-25-11-9-7-5-2/h13-24,26H,4-12,25H2,1-3H3/t26-/m1/s1. The third-order valence-electron chi connectivity index (χ3n) is 6.65. The van der Waals surface area contributed by atoms with Crippen molar-refractivity contribution in [2.75, 3.05) is 6.61 Å². The highest BCUT2D eigenvalue weighted by Gasteiger charge is 2.14. The minimum atomic E-state index is -0.454. The number of rotatable bonds is 16. The molecule has 0 saturated heterocycles. The molecule has 0 amide bonds. The van der Waals surface area contributed by atoms with Crippen molar-refractivity contribution < 1.29 is 23.8 Å². The Bertz CT molecular complexity index is 1130. The molecule has 0 fully saturated rings. The predicted molar refractivity (Wildman–Crippen MR) is 157 cm³/mol. The van der Waals surface area contributed by atoms with Crippen LogP contribution in [0.1, 0.15) is 99.3 Å². The Labute approximate surface area is 233 Å². The Balaban J connectivity index is 1.48. The summed E-state index contributed by atoms with van der Waals surface area (Å²) < 4.78 is 16.9. The van der Waals surface area contributed by atoms with Crippen molar-refractivity contribution in [2.45, 2.75) is 84.7 Å². The smallest absolute Gasteiger partial charge is 0.343 e. The summed E-state index contributed by atoms with van der Waals surface area (Å²) in [4.78, 5) is 25.1. The molecule has 0 bridgehead atoms. The molecule has 0 aliphatic rings. The number of hydrogen-bond acceptors (Lipinski definition) is 5. The van der Waals surface area contributed by atoms with Crippen LogP contribution in [0.15, 0.2) is 72.8 Å². The van der Waals surface area contributed by atoms with Crippen molar-refractivity contribution >= 4 is 11.9 Å². The second-order valence-electron chi connectivity index (χ2n) is 9.99. The molecular formula is C34H42O5. The SMILES string of the molecule is CCCCCCOc1ccc(-c2ccc(C(=O)Oc3ccc(C(=O)O[C@H](C)CCCCCC)cc3)cc2)cc1. The van der Waals surface area contributed by atoms with Gasteiger partial charge in [0.2, 0.25) is 0 Å². The van der Waals surface area contributed by atoms with Crippen LogP contribution in [0, 0.1) is 0 Å². The first kappa shape index (κ1) is 29.9. The molecular weight excluding hydrogens is 488 g/mol. The zero-order valence-electron chi connectivity index (χ0n) is 23.6. The molecule has 0 aliphatic carbocycles. The molecule has 3 aromatic rings. The Kier molecular flexibility index (Phi) is 12.6. The van der Waals surface area contributed by atoms with Crippen LogP contribution in [0.5, 0.6) is 11.5 Å². The third kappa shape index (κ3) is 10.2. The van der Waals surface area contributed by atoms with Gasteiger partial charge < -0.3 is 14.2 Å². The fraction of sp³-hybridized carbons (Fsp3) is 0.412. The Hall–Kier alpha value is -3.60. The summed E-state index contributed by atoms with van der Waals surface area (Å²) in [5, 5.41) is 0. The number of unbranched alkanes of at least 4 members (excludes halogenated alkanes) is 6. The van der Waals surface area contributed by atoms with E-state index in [0.29, 0.717) is 16.9 Å². The Morgan fingerprint density at radius 3 is 1.74 bits per heavy atom. The number of benzene rings is 3. The molecule has 5 nitrogen and oxygen atoms in total. The fourth-order valence-corrected chi connectivity index (χ4v) is 4.25. The summed E-state index contributed by atoms with van der Waals surface area (Å²) in [5.74, 6) is 0.424. The third-order valence-corrected chi connectivity index (χ3v) is 6.65. The van der Waals surface area contributed by atoms with Crippen molar-refractivity contribution in [3.05, 3.63) is 83.9 Å². The first-order valence-electron chi connectivity index (χ1n) is 14.4. The molecule has 39 heavy (non-hydrogen) atoms. The summed E-state index contributed by atoms with van der Waals surface area (Å²) in [6, 6.07) is 21.8. The van der Waals surface area contributed by atoms with Crippen LogP contribution in [-0.4, -0.2) is 24.6 Å². The minimum Gasteiger partial charge on any atom is -0.494 e. The highest BCUT2D eigenvalue weighted by Crippen LogP contribution is 2.24. The van der Waals surface area contributed by atoms with Crippen molar-refractivity contribution in [1.29, 1.82) is 0 Å². The van der Waals surface area contributed by atoms with Gasteiger partial charge in [0.25, 0.3) is 0 Å². The van der Waals surface area contributed by atoms with E-state index in [-0.39, 0.29) is 12.1 Å². The maximum absolute atomic E-state index is 12.7. The number of carbonyl (C=O) groups is 2. The fourth-order valence-electron chi connectivity index (χ4n) is 4.25. The molecule has 0 unspecified atom stereocenters. The van der Waals surface area contributed by atoms with Crippen LogP contribution >= 0.6 is 0 Å². The average Bonchev–Trinajstić information content (AvgIpc) is 2.96. The number of ether oxygens (including phenoxy) is 3. The largest absolute Gasteiger partial charge is 0.494 e. The van der Waals surface area contributed by atoms with Crippen molar-refractivity contribution in [1.82, 2.24) is 0 Å². The lowest BCUT2D eigenvalue weighted by molar-refractivity contribution is 0.0319. The zero-order valence-corrected chi connectivity index (χ0v) is 23.6. The van der Waals surface area contributed by atoms with Crippen LogP contribution < -0.4 is 9.47 Å². The molecule has 0 spiro atoms. The van der Waals surface area contributed by atoms with Crippen LogP contribution in [-0.2, 0) is 4.74 Å². The molecule has 0 aliphatic heterocycles. The first-order chi connectivity index (χ1) is 19.0. The molecule has 0 aromatic heterocycles. The van der Waals surface area contributed by atoms with Gasteiger partial charge in [-0.15, -0.1) is 0 Å². The molecule has 3 aromatic carbocycles. The topological polar surface area (TPSA) is 61.8 Å². The van der Waals surface area contributed by atoms with Crippen LogP contribution in [0.25, 0.3) is 11.1 Å². The quantitative estimate of drug-likeness (QED) is 0.105. The predicted octanol–water partition coefficient (Wildman–Crippen LogP) is 9.05. The summed E-state index contributed by atoms with van der Waals surface area (Å²) in [5.41, 5.74) is 2.94. The van der Waals surface area contributed by atoms with Gasteiger partial charge in [-0.2, -0.15) is 0 Å². The van der Waals surface area contributed by atoms with Gasteiger partial charge in [-0.1, -0.05) is 76.6 Å². The van der Waals surface area contributed by atoms with Gasteiger partial charge in [-0.25, -0.2) is 9.59 Å². The van der Waals surface area contributed by atoms with Crippen molar-refractivity contribution in [2.24, 2.45) is 0 Å². The van der Waals surface area contributed by atoms with E-state index in [1.165, 1.54) is 32.1 Å². The van der Waals surface area contributed by atoms with E-state index in [2.05, 4.69) is 13.8 Å². The van der Waals surface area contributed by atoms with E-state index in [4.69, 9.17) is 14.2 Å². The maximum Gasteiger partial charge on any atom is 0.343 e. The lowest BCUT2D eigenvalue weighted by atomic mass is 10.0. The van der Waals surface area contributed by atoms with Crippen LogP contribution in [0.4, 0.5) is 0 Å². The molecule has 3 rings (SSSR count). The monoisotopic (exact) mass is 530 g/mol. The Morgan fingerprint density at radius 2 is 1.13 bits per heavy atom. The average molecular weight is 531 g/mol. The zero-order chi connectivity index (χ0) is 27.9.